The largest absolute Gasteiger partial charge is 0.463 e. The van der Waals surface area contributed by atoms with E-state index in [1.165, 1.54) is 0 Å². The molecular formula is C42H58O15. The lowest BCUT2D eigenvalue weighted by molar-refractivity contribution is -0.355. The molecule has 15 heteroatoms. The molecule has 57 heavy (non-hydrogen) atoms. The standard InChI is InChI=1S/C42H58O15/c1-8-23(2)12-9-10-13-24(3)14-11-15-25(4)16-17-27-26(5)33(46)28(20-42(27,6)7)54-32(45)19-18-31(44)53-22-30-39(36(49)37(50)40(52)55-30)57-41-38(51)35(48)34(47)29(21-43)56-41/h8-17,28-30,34-41,43,47-52H,1,18-22H2,2-7H3. The normalized spacial score (nSPS) is 33.0. The first-order valence-corrected chi connectivity index (χ1v) is 18.7. The fourth-order valence-corrected chi connectivity index (χ4v) is 6.38. The van der Waals surface area contributed by atoms with Crippen molar-refractivity contribution in [1.82, 2.24) is 0 Å². The predicted molar refractivity (Wildman–Crippen MR) is 207 cm³/mol. The van der Waals surface area contributed by atoms with E-state index in [0.29, 0.717) is 5.57 Å². The first-order valence-electron chi connectivity index (χ1n) is 18.7. The monoisotopic (exact) mass is 802 g/mol. The molecule has 0 aromatic carbocycles. The van der Waals surface area contributed by atoms with Crippen LogP contribution in [0.15, 0.2) is 95.2 Å². The Kier molecular flexibility index (Phi) is 18.1. The van der Waals surface area contributed by atoms with Crippen molar-refractivity contribution in [3.05, 3.63) is 95.2 Å². The Morgan fingerprint density at radius 1 is 0.807 bits per heavy atom. The molecule has 2 aliphatic heterocycles. The first kappa shape index (κ1) is 47.5. The molecule has 1 aliphatic carbocycles. The van der Waals surface area contributed by atoms with Crippen molar-refractivity contribution >= 4 is 17.7 Å². The van der Waals surface area contributed by atoms with Gasteiger partial charge >= 0.3 is 11.9 Å². The number of carbonyl (C=O) groups is 3. The van der Waals surface area contributed by atoms with Gasteiger partial charge in [-0.1, -0.05) is 97.9 Å². The van der Waals surface area contributed by atoms with Crippen molar-refractivity contribution in [1.29, 1.82) is 0 Å². The van der Waals surface area contributed by atoms with Crippen molar-refractivity contribution in [2.45, 2.75) is 128 Å². The molecule has 7 N–H and O–H groups in total. The van der Waals surface area contributed by atoms with Crippen molar-refractivity contribution in [3.8, 4) is 0 Å². The second-order valence-corrected chi connectivity index (χ2v) is 15.0. The van der Waals surface area contributed by atoms with E-state index in [1.54, 1.807) is 13.0 Å². The van der Waals surface area contributed by atoms with Gasteiger partial charge in [0.2, 0.25) is 0 Å². The molecule has 11 unspecified atom stereocenters. The van der Waals surface area contributed by atoms with Crippen LogP contribution in [0.25, 0.3) is 0 Å². The van der Waals surface area contributed by atoms with E-state index >= 15 is 0 Å². The molecule has 2 fully saturated rings. The Bertz CT molecular complexity index is 1650. The van der Waals surface area contributed by atoms with Crippen LogP contribution in [0.3, 0.4) is 0 Å². The summed E-state index contributed by atoms with van der Waals surface area (Å²) in [5.74, 6) is -2.07. The van der Waals surface area contributed by atoms with E-state index in [2.05, 4.69) is 6.58 Å². The van der Waals surface area contributed by atoms with Crippen LogP contribution in [0, 0.1) is 5.41 Å². The molecule has 0 spiro atoms. The van der Waals surface area contributed by atoms with Gasteiger partial charge in [-0.2, -0.15) is 0 Å². The third-order valence-electron chi connectivity index (χ3n) is 9.89. The highest BCUT2D eigenvalue weighted by Crippen LogP contribution is 2.41. The fourth-order valence-electron chi connectivity index (χ4n) is 6.38. The van der Waals surface area contributed by atoms with E-state index in [1.807, 2.05) is 89.3 Å². The van der Waals surface area contributed by atoms with Crippen LogP contribution in [0.4, 0.5) is 0 Å². The highest BCUT2D eigenvalue weighted by atomic mass is 16.7. The average molecular weight is 803 g/mol. The van der Waals surface area contributed by atoms with Crippen LogP contribution >= 0.6 is 0 Å². The van der Waals surface area contributed by atoms with E-state index in [9.17, 15) is 50.1 Å². The smallest absolute Gasteiger partial charge is 0.307 e. The zero-order valence-corrected chi connectivity index (χ0v) is 33.3. The fraction of sp³-hybridized carbons (Fsp3) is 0.548. The SMILES string of the molecule is C=CC(C)=CC=CC=C(C)C=CC=C(C)C=CC1=C(C)C(=O)C(OC(=O)CCC(=O)OCC2OC(O)C(O)C(O)C2OC2OC(CO)C(O)C(O)C2O)CC1(C)C. The number of esters is 2. The maximum Gasteiger partial charge on any atom is 0.307 e. The summed E-state index contributed by atoms with van der Waals surface area (Å²) >= 11 is 0. The minimum atomic E-state index is -1.93. The molecular weight excluding hydrogens is 744 g/mol. The van der Waals surface area contributed by atoms with Crippen molar-refractivity contribution in [2.24, 2.45) is 5.41 Å². The number of carbonyl (C=O) groups excluding carboxylic acids is 3. The predicted octanol–water partition coefficient (Wildman–Crippen LogP) is 1.85. The van der Waals surface area contributed by atoms with Crippen LogP contribution in [0.5, 0.6) is 0 Å². The summed E-state index contributed by atoms with van der Waals surface area (Å²) in [4.78, 5) is 38.7. The number of Topliss-reactive ketones (excluding diaryl/α,β-unsaturated/α-hetero) is 1. The third kappa shape index (κ3) is 13.3. The molecule has 0 bridgehead atoms. The van der Waals surface area contributed by atoms with Gasteiger partial charge in [-0.3, -0.25) is 14.4 Å². The number of hydrogen-bond donors (Lipinski definition) is 7. The van der Waals surface area contributed by atoms with E-state index in [-0.39, 0.29) is 12.2 Å². The summed E-state index contributed by atoms with van der Waals surface area (Å²) < 4.78 is 26.8. The molecule has 3 rings (SSSR count). The summed E-state index contributed by atoms with van der Waals surface area (Å²) in [6.07, 6.45) is 0.380. The molecule has 0 amide bonds. The molecule has 0 aromatic rings. The molecule has 316 valence electrons. The quantitative estimate of drug-likeness (QED) is 0.0871. The number of ether oxygens (including phenoxy) is 5. The maximum atomic E-state index is 13.3. The van der Waals surface area contributed by atoms with Gasteiger partial charge in [-0.05, 0) is 44.3 Å². The van der Waals surface area contributed by atoms with Crippen LogP contribution in [-0.2, 0) is 38.1 Å². The molecule has 0 radical (unpaired) electrons. The highest BCUT2D eigenvalue weighted by molar-refractivity contribution is 6.01. The summed E-state index contributed by atoms with van der Waals surface area (Å²) in [7, 11) is 0. The Morgan fingerprint density at radius 2 is 1.42 bits per heavy atom. The topological polar surface area (TPSA) is 239 Å². The van der Waals surface area contributed by atoms with Crippen molar-refractivity contribution < 1.29 is 73.8 Å². The molecule has 11 atom stereocenters. The Hall–Kier alpha value is -3.87. The number of rotatable bonds is 16. The van der Waals surface area contributed by atoms with E-state index in [0.717, 1.165) is 22.3 Å². The highest BCUT2D eigenvalue weighted by Gasteiger charge is 2.50. The molecule has 3 aliphatic rings. The second kappa shape index (κ2) is 21.8. The summed E-state index contributed by atoms with van der Waals surface area (Å²) in [5.41, 5.74) is 3.83. The zero-order valence-electron chi connectivity index (χ0n) is 33.3. The van der Waals surface area contributed by atoms with Gasteiger partial charge in [0.1, 0.15) is 55.4 Å². The molecule has 2 saturated heterocycles. The summed E-state index contributed by atoms with van der Waals surface area (Å²) in [5, 5.41) is 70.8. The maximum absolute atomic E-state index is 13.3. The lowest BCUT2D eigenvalue weighted by atomic mass is 9.71. The second-order valence-electron chi connectivity index (χ2n) is 15.0. The lowest BCUT2D eigenvalue weighted by Gasteiger charge is -2.45. The Morgan fingerprint density at radius 3 is 2.07 bits per heavy atom. The Labute approximate surface area is 333 Å². The van der Waals surface area contributed by atoms with Crippen LogP contribution in [-0.4, -0.2) is 134 Å². The summed E-state index contributed by atoms with van der Waals surface area (Å²) in [6.45, 7) is 13.8. The molecule has 15 nitrogen and oxygen atoms in total. The van der Waals surface area contributed by atoms with Crippen molar-refractivity contribution in [2.75, 3.05) is 13.2 Å². The number of hydrogen-bond acceptors (Lipinski definition) is 15. The lowest BCUT2D eigenvalue weighted by Crippen LogP contribution is -2.64. The van der Waals surface area contributed by atoms with E-state index < -0.39 is 111 Å². The Balaban J connectivity index is 1.55. The van der Waals surface area contributed by atoms with Gasteiger partial charge in [-0.15, -0.1) is 0 Å². The van der Waals surface area contributed by atoms with Crippen LogP contribution in [0.1, 0.15) is 60.8 Å². The zero-order chi connectivity index (χ0) is 42.6. The van der Waals surface area contributed by atoms with E-state index in [4.69, 9.17) is 23.7 Å². The summed E-state index contributed by atoms with van der Waals surface area (Å²) in [6, 6.07) is 0. The van der Waals surface area contributed by atoms with Gasteiger partial charge in [0.15, 0.2) is 24.5 Å². The minimum absolute atomic E-state index is 0.214. The average Bonchev–Trinajstić information content (AvgIpc) is 3.16. The molecule has 2 heterocycles. The van der Waals surface area contributed by atoms with Gasteiger partial charge < -0.3 is 59.4 Å². The van der Waals surface area contributed by atoms with Gasteiger partial charge in [0.25, 0.3) is 0 Å². The molecule has 0 aromatic heterocycles. The third-order valence-corrected chi connectivity index (χ3v) is 9.89. The number of allylic oxidation sites excluding steroid dienone is 14. The van der Waals surface area contributed by atoms with Gasteiger partial charge in [0.05, 0.1) is 19.4 Å². The van der Waals surface area contributed by atoms with Gasteiger partial charge in [-0.25, -0.2) is 0 Å². The first-order chi connectivity index (χ1) is 26.8. The number of ketones is 1. The van der Waals surface area contributed by atoms with Crippen LogP contribution in [0.2, 0.25) is 0 Å². The van der Waals surface area contributed by atoms with Crippen LogP contribution < -0.4 is 0 Å². The number of aliphatic hydroxyl groups excluding tert-OH is 7. The minimum Gasteiger partial charge on any atom is -0.463 e. The van der Waals surface area contributed by atoms with Gasteiger partial charge in [0, 0.05) is 6.42 Å². The molecule has 0 saturated carbocycles. The van der Waals surface area contributed by atoms with Crippen molar-refractivity contribution in [3.63, 3.8) is 0 Å². The number of aliphatic hydroxyl groups is 7.